The third kappa shape index (κ3) is 4.76. The fourth-order valence-electron chi connectivity index (χ4n) is 4.26. The number of hydrogen-bond donors (Lipinski definition) is 0. The molecule has 1 heterocycles. The number of carbonyl (C=O) groups is 2. The Balaban J connectivity index is 1.68. The largest absolute Gasteiger partial charge is 0.497 e. The van der Waals surface area contributed by atoms with Crippen LogP contribution in [0.1, 0.15) is 16.7 Å². The van der Waals surface area contributed by atoms with Crippen LogP contribution in [0, 0.1) is 0 Å². The van der Waals surface area contributed by atoms with E-state index in [9.17, 15) is 9.59 Å². The molecular weight excluding hydrogens is 416 g/mol. The lowest BCUT2D eigenvalue weighted by Crippen LogP contribution is -2.69. The Morgan fingerprint density at radius 1 is 0.758 bits per heavy atom. The molecule has 0 bridgehead atoms. The maximum absolute atomic E-state index is 13.9. The molecular formula is C27H28N2O4. The Labute approximate surface area is 194 Å². The van der Waals surface area contributed by atoms with Crippen LogP contribution in [0.2, 0.25) is 0 Å². The molecule has 1 saturated heterocycles. The maximum Gasteiger partial charge on any atom is 0.277 e. The lowest BCUT2D eigenvalue weighted by molar-refractivity contribution is -0.203. The average molecular weight is 445 g/mol. The molecule has 6 heteroatoms. The second kappa shape index (κ2) is 9.88. The first-order valence-corrected chi connectivity index (χ1v) is 10.9. The molecule has 0 aromatic heterocycles. The van der Waals surface area contributed by atoms with Gasteiger partial charge in [-0.2, -0.15) is 0 Å². The molecule has 170 valence electrons. The lowest BCUT2D eigenvalue weighted by atomic mass is 9.95. The molecule has 0 spiro atoms. The highest BCUT2D eigenvalue weighted by molar-refractivity contribution is 5.97. The van der Waals surface area contributed by atoms with Crippen molar-refractivity contribution in [1.82, 2.24) is 9.80 Å². The molecule has 0 N–H and O–H groups in total. The van der Waals surface area contributed by atoms with Crippen molar-refractivity contribution in [3.05, 3.63) is 102 Å². The number of benzene rings is 3. The Hall–Kier alpha value is -3.64. The Morgan fingerprint density at radius 3 is 1.91 bits per heavy atom. The van der Waals surface area contributed by atoms with Crippen molar-refractivity contribution in [3.8, 4) is 5.75 Å². The summed E-state index contributed by atoms with van der Waals surface area (Å²) in [6.07, 6.45) is 0.265. The molecule has 33 heavy (non-hydrogen) atoms. The smallest absolute Gasteiger partial charge is 0.277 e. The standard InChI is InChI=1S/C27H28N2O4/c1-32-24-15-13-23(14-16-24)18-28-20-25(30)29(19-22-11-7-4-8-12-22)27(33-2,26(28)31)17-21-9-5-3-6-10-21/h3-16H,17-20H2,1-2H3. The van der Waals surface area contributed by atoms with Gasteiger partial charge < -0.3 is 19.3 Å². The van der Waals surface area contributed by atoms with Gasteiger partial charge in [0.1, 0.15) is 12.3 Å². The summed E-state index contributed by atoms with van der Waals surface area (Å²) in [5.74, 6) is 0.370. The van der Waals surface area contributed by atoms with Crippen LogP contribution < -0.4 is 4.74 Å². The number of piperazine rings is 1. The van der Waals surface area contributed by atoms with Crippen molar-refractivity contribution in [2.24, 2.45) is 0 Å². The fourth-order valence-corrected chi connectivity index (χ4v) is 4.26. The van der Waals surface area contributed by atoms with E-state index >= 15 is 0 Å². The minimum Gasteiger partial charge on any atom is -0.497 e. The third-order valence-electron chi connectivity index (χ3n) is 6.02. The van der Waals surface area contributed by atoms with Crippen molar-refractivity contribution in [2.45, 2.75) is 25.2 Å². The van der Waals surface area contributed by atoms with Crippen LogP contribution in [0.5, 0.6) is 5.75 Å². The van der Waals surface area contributed by atoms with Crippen molar-refractivity contribution in [3.63, 3.8) is 0 Å². The van der Waals surface area contributed by atoms with Crippen molar-refractivity contribution in [1.29, 1.82) is 0 Å². The monoisotopic (exact) mass is 444 g/mol. The first-order valence-electron chi connectivity index (χ1n) is 10.9. The zero-order valence-corrected chi connectivity index (χ0v) is 18.9. The molecule has 0 radical (unpaired) electrons. The van der Waals surface area contributed by atoms with Crippen LogP contribution in [-0.4, -0.2) is 48.1 Å². The summed E-state index contributed by atoms with van der Waals surface area (Å²) in [5, 5.41) is 0. The number of carbonyl (C=O) groups excluding carboxylic acids is 2. The van der Waals surface area contributed by atoms with Gasteiger partial charge in [-0.15, -0.1) is 0 Å². The van der Waals surface area contributed by atoms with Crippen LogP contribution in [0.4, 0.5) is 0 Å². The summed E-state index contributed by atoms with van der Waals surface area (Å²) in [6, 6.07) is 26.8. The Bertz CT molecular complexity index is 1090. The van der Waals surface area contributed by atoms with Gasteiger partial charge in [-0.25, -0.2) is 0 Å². The molecule has 3 aromatic carbocycles. The van der Waals surface area contributed by atoms with E-state index in [-0.39, 0.29) is 24.8 Å². The third-order valence-corrected chi connectivity index (χ3v) is 6.02. The molecule has 1 unspecified atom stereocenters. The van der Waals surface area contributed by atoms with Crippen molar-refractivity contribution >= 4 is 11.8 Å². The highest BCUT2D eigenvalue weighted by atomic mass is 16.5. The molecule has 6 nitrogen and oxygen atoms in total. The molecule has 1 fully saturated rings. The summed E-state index contributed by atoms with van der Waals surface area (Å²) in [5.41, 5.74) is 1.35. The van der Waals surface area contributed by atoms with Gasteiger partial charge in [0, 0.05) is 26.6 Å². The van der Waals surface area contributed by atoms with Gasteiger partial charge in [0.25, 0.3) is 5.91 Å². The highest BCUT2D eigenvalue weighted by Gasteiger charge is 2.53. The van der Waals surface area contributed by atoms with Gasteiger partial charge in [-0.3, -0.25) is 9.59 Å². The molecule has 1 atom stereocenters. The van der Waals surface area contributed by atoms with Crippen molar-refractivity contribution < 1.29 is 19.1 Å². The highest BCUT2D eigenvalue weighted by Crippen LogP contribution is 2.32. The van der Waals surface area contributed by atoms with Gasteiger partial charge in [0.15, 0.2) is 0 Å². The quantitative estimate of drug-likeness (QED) is 0.532. The maximum atomic E-state index is 13.9. The van der Waals surface area contributed by atoms with Gasteiger partial charge in [0.2, 0.25) is 11.6 Å². The van der Waals surface area contributed by atoms with E-state index in [0.29, 0.717) is 13.1 Å². The molecule has 4 rings (SSSR count). The Kier molecular flexibility index (Phi) is 6.75. The number of ether oxygens (including phenoxy) is 2. The van der Waals surface area contributed by atoms with E-state index in [4.69, 9.17) is 9.47 Å². The molecule has 3 aromatic rings. The zero-order valence-electron chi connectivity index (χ0n) is 18.9. The van der Waals surface area contributed by atoms with Crippen LogP contribution in [0.3, 0.4) is 0 Å². The van der Waals surface area contributed by atoms with Crippen molar-refractivity contribution in [2.75, 3.05) is 20.8 Å². The number of hydrogen-bond acceptors (Lipinski definition) is 4. The molecule has 1 aliphatic rings. The van der Waals surface area contributed by atoms with E-state index < -0.39 is 5.72 Å². The molecule has 1 aliphatic heterocycles. The first-order chi connectivity index (χ1) is 16.1. The first kappa shape index (κ1) is 22.6. The fraction of sp³-hybridized carbons (Fsp3) is 0.259. The molecule has 0 aliphatic carbocycles. The van der Waals surface area contributed by atoms with Crippen LogP contribution in [-0.2, 0) is 33.8 Å². The predicted molar refractivity (Wildman–Crippen MR) is 125 cm³/mol. The summed E-state index contributed by atoms with van der Waals surface area (Å²) in [6.45, 7) is 0.605. The topological polar surface area (TPSA) is 59.1 Å². The van der Waals surface area contributed by atoms with E-state index in [1.165, 1.54) is 7.11 Å². The predicted octanol–water partition coefficient (Wildman–Crippen LogP) is 3.65. The van der Waals surface area contributed by atoms with E-state index in [1.807, 2.05) is 84.9 Å². The van der Waals surface area contributed by atoms with Gasteiger partial charge in [-0.05, 0) is 28.8 Å². The summed E-state index contributed by atoms with van der Waals surface area (Å²) >= 11 is 0. The summed E-state index contributed by atoms with van der Waals surface area (Å²) < 4.78 is 11.2. The molecule has 0 saturated carbocycles. The summed E-state index contributed by atoms with van der Waals surface area (Å²) in [4.78, 5) is 30.5. The van der Waals surface area contributed by atoms with Gasteiger partial charge >= 0.3 is 0 Å². The van der Waals surface area contributed by atoms with Crippen LogP contribution in [0.15, 0.2) is 84.9 Å². The normalized spacial score (nSPS) is 18.5. The van der Waals surface area contributed by atoms with Gasteiger partial charge in [0.05, 0.1) is 7.11 Å². The summed E-state index contributed by atoms with van der Waals surface area (Å²) in [7, 11) is 3.11. The van der Waals surface area contributed by atoms with Crippen LogP contribution in [0.25, 0.3) is 0 Å². The average Bonchev–Trinajstić information content (AvgIpc) is 2.86. The number of nitrogens with zero attached hydrogens (tertiary/aromatic N) is 2. The second-order valence-corrected chi connectivity index (χ2v) is 8.13. The minimum atomic E-state index is -1.43. The Morgan fingerprint density at radius 2 is 1.33 bits per heavy atom. The van der Waals surface area contributed by atoms with E-state index in [2.05, 4.69) is 0 Å². The zero-order chi connectivity index (χ0) is 23.3. The minimum absolute atomic E-state index is 0.00239. The van der Waals surface area contributed by atoms with E-state index in [0.717, 1.165) is 22.4 Å². The molecule has 2 amide bonds. The second-order valence-electron chi connectivity index (χ2n) is 8.13. The SMILES string of the molecule is COc1ccc(CN2CC(=O)N(Cc3ccccc3)C(Cc3ccccc3)(OC)C2=O)cc1. The van der Waals surface area contributed by atoms with Crippen LogP contribution >= 0.6 is 0 Å². The van der Waals surface area contributed by atoms with Gasteiger partial charge in [-0.1, -0.05) is 72.8 Å². The number of rotatable bonds is 8. The number of amides is 2. The van der Waals surface area contributed by atoms with E-state index in [1.54, 1.807) is 16.9 Å². The number of methoxy groups -OCH3 is 2. The lowest BCUT2D eigenvalue weighted by Gasteiger charge is -2.48.